The Kier molecular flexibility index (Phi) is 6.23. The van der Waals surface area contributed by atoms with Crippen LogP contribution in [0.1, 0.15) is 37.1 Å². The summed E-state index contributed by atoms with van der Waals surface area (Å²) in [6.45, 7) is 12.4. The topological polar surface area (TPSA) is 47.5 Å². The van der Waals surface area contributed by atoms with Crippen LogP contribution in [0.4, 0.5) is 17.2 Å². The number of piperidine rings is 1. The monoisotopic (exact) mass is 408 g/mol. The zero-order chi connectivity index (χ0) is 21.1. The molecule has 2 aromatic heterocycles. The second kappa shape index (κ2) is 9.04. The number of aryl methyl sites for hydroxylation is 1. The van der Waals surface area contributed by atoms with Crippen LogP contribution in [0.15, 0.2) is 31.0 Å². The number of aromatic nitrogens is 2. The molecule has 6 heteroatoms. The van der Waals surface area contributed by atoms with Gasteiger partial charge in [0.05, 0.1) is 11.9 Å². The van der Waals surface area contributed by atoms with Crippen LogP contribution in [0.2, 0.25) is 0 Å². The van der Waals surface area contributed by atoms with E-state index in [4.69, 9.17) is 9.97 Å². The Morgan fingerprint density at radius 3 is 2.47 bits per heavy atom. The normalized spacial score (nSPS) is 17.8. The summed E-state index contributed by atoms with van der Waals surface area (Å²) < 4.78 is 0. The molecule has 2 fully saturated rings. The molecule has 4 heterocycles. The molecular formula is C24H36N6. The van der Waals surface area contributed by atoms with Crippen molar-refractivity contribution in [3.8, 4) is 0 Å². The minimum atomic E-state index is 0. The summed E-state index contributed by atoms with van der Waals surface area (Å²) >= 11 is 0. The van der Waals surface area contributed by atoms with Gasteiger partial charge >= 0.3 is 0 Å². The maximum atomic E-state index is 4.85. The first kappa shape index (κ1) is 20.7. The highest BCUT2D eigenvalue weighted by Gasteiger charge is 2.24. The highest BCUT2D eigenvalue weighted by atomic mass is 15.2. The highest BCUT2D eigenvalue weighted by molar-refractivity contribution is 5.76. The second-order valence-corrected chi connectivity index (χ2v) is 8.56. The number of pyridine rings is 2. The molecule has 2 aliphatic rings. The predicted octanol–water partition coefficient (Wildman–Crippen LogP) is 3.53. The van der Waals surface area contributed by atoms with Crippen LogP contribution in [0.25, 0.3) is 6.08 Å². The van der Waals surface area contributed by atoms with E-state index in [0.717, 1.165) is 69.2 Å². The largest absolute Gasteiger partial charge is 0.371 e. The second-order valence-electron chi connectivity index (χ2n) is 8.56. The van der Waals surface area contributed by atoms with E-state index in [9.17, 15) is 0 Å². The Hall–Kier alpha value is -2.60. The van der Waals surface area contributed by atoms with Crippen molar-refractivity contribution in [2.45, 2.75) is 25.7 Å². The average Bonchev–Trinajstić information content (AvgIpc) is 2.79. The summed E-state index contributed by atoms with van der Waals surface area (Å²) in [5.41, 5.74) is 5.91. The van der Waals surface area contributed by atoms with E-state index in [-0.39, 0.29) is 1.43 Å². The Balaban J connectivity index is 0.00000272. The van der Waals surface area contributed by atoms with Crippen molar-refractivity contribution in [1.82, 2.24) is 15.3 Å². The minimum absolute atomic E-state index is 0. The molecule has 2 saturated heterocycles. The number of hydrogen-bond acceptors (Lipinski definition) is 6. The van der Waals surface area contributed by atoms with E-state index < -0.39 is 0 Å². The molecule has 0 aromatic carbocycles. The summed E-state index contributed by atoms with van der Waals surface area (Å²) in [5, 5.41) is 3.41. The smallest absolute Gasteiger partial charge is 0.137 e. The summed E-state index contributed by atoms with van der Waals surface area (Å²) in [4.78, 5) is 16.5. The fourth-order valence-electron chi connectivity index (χ4n) is 4.61. The van der Waals surface area contributed by atoms with Gasteiger partial charge < -0.3 is 20.0 Å². The average molecular weight is 409 g/mol. The van der Waals surface area contributed by atoms with Gasteiger partial charge in [-0.1, -0.05) is 12.7 Å². The SMILES string of the molecule is C=Cc1c(N2CCC(c3ccc(N4CCNCC4)cn3)CC2)cc(C)nc1N(C)C.[HH]. The first-order valence-corrected chi connectivity index (χ1v) is 11.0. The molecule has 0 unspecified atom stereocenters. The van der Waals surface area contributed by atoms with Crippen molar-refractivity contribution >= 4 is 23.3 Å². The Bertz CT molecular complexity index is 868. The number of nitrogens with zero attached hydrogens (tertiary/aromatic N) is 5. The lowest BCUT2D eigenvalue weighted by Gasteiger charge is -2.35. The van der Waals surface area contributed by atoms with E-state index in [1.165, 1.54) is 17.1 Å². The highest BCUT2D eigenvalue weighted by Crippen LogP contribution is 2.35. The molecule has 6 nitrogen and oxygen atoms in total. The third-order valence-electron chi connectivity index (χ3n) is 6.28. The Morgan fingerprint density at radius 1 is 1.13 bits per heavy atom. The molecular weight excluding hydrogens is 372 g/mol. The van der Waals surface area contributed by atoms with E-state index >= 15 is 0 Å². The lowest BCUT2D eigenvalue weighted by molar-refractivity contribution is 0.496. The number of anilines is 3. The first-order valence-electron chi connectivity index (χ1n) is 11.0. The van der Waals surface area contributed by atoms with Crippen LogP contribution in [0.3, 0.4) is 0 Å². The van der Waals surface area contributed by atoms with Gasteiger partial charge in [0.2, 0.25) is 0 Å². The fourth-order valence-corrected chi connectivity index (χ4v) is 4.61. The summed E-state index contributed by atoms with van der Waals surface area (Å²) in [6, 6.07) is 6.70. The van der Waals surface area contributed by atoms with Crippen LogP contribution in [-0.4, -0.2) is 63.3 Å². The van der Waals surface area contributed by atoms with Gasteiger partial charge in [-0.15, -0.1) is 0 Å². The van der Waals surface area contributed by atoms with Gasteiger partial charge in [-0.25, -0.2) is 4.98 Å². The molecule has 0 aliphatic carbocycles. The van der Waals surface area contributed by atoms with Gasteiger partial charge in [-0.2, -0.15) is 0 Å². The molecule has 1 N–H and O–H groups in total. The van der Waals surface area contributed by atoms with Crippen molar-refractivity contribution in [3.05, 3.63) is 47.9 Å². The van der Waals surface area contributed by atoms with Crippen molar-refractivity contribution in [3.63, 3.8) is 0 Å². The molecule has 162 valence electrons. The van der Waals surface area contributed by atoms with Gasteiger partial charge in [-0.05, 0) is 38.0 Å². The van der Waals surface area contributed by atoms with Crippen molar-refractivity contribution < 1.29 is 1.43 Å². The van der Waals surface area contributed by atoms with E-state index in [0.29, 0.717) is 5.92 Å². The quantitative estimate of drug-likeness (QED) is 0.817. The van der Waals surface area contributed by atoms with Crippen molar-refractivity contribution in [2.75, 3.05) is 68.1 Å². The Labute approximate surface area is 182 Å². The third kappa shape index (κ3) is 4.29. The summed E-state index contributed by atoms with van der Waals surface area (Å²) in [7, 11) is 4.08. The zero-order valence-electron chi connectivity index (χ0n) is 18.6. The lowest BCUT2D eigenvalue weighted by atomic mass is 9.92. The molecule has 0 saturated carbocycles. The van der Waals surface area contributed by atoms with Crippen LogP contribution < -0.4 is 20.0 Å². The molecule has 4 rings (SSSR count). The number of rotatable bonds is 5. The van der Waals surface area contributed by atoms with E-state index in [1.54, 1.807) is 0 Å². The van der Waals surface area contributed by atoms with Gasteiger partial charge in [0.1, 0.15) is 5.82 Å². The van der Waals surface area contributed by atoms with Crippen LogP contribution in [-0.2, 0) is 0 Å². The molecule has 30 heavy (non-hydrogen) atoms. The number of piperazine rings is 1. The molecule has 0 atom stereocenters. The fraction of sp³-hybridized carbons (Fsp3) is 0.500. The van der Waals surface area contributed by atoms with Gasteiger partial charge in [0.15, 0.2) is 0 Å². The minimum Gasteiger partial charge on any atom is -0.371 e. The van der Waals surface area contributed by atoms with Gasteiger partial charge in [0, 0.05) is 83.3 Å². The summed E-state index contributed by atoms with van der Waals surface area (Å²) in [5.74, 6) is 1.52. The van der Waals surface area contributed by atoms with Crippen molar-refractivity contribution in [2.24, 2.45) is 0 Å². The molecule has 0 spiro atoms. The van der Waals surface area contributed by atoms with Gasteiger partial charge in [-0.3, -0.25) is 4.98 Å². The molecule has 2 aromatic rings. The number of nitrogens with one attached hydrogen (secondary N) is 1. The van der Waals surface area contributed by atoms with Crippen LogP contribution >= 0.6 is 0 Å². The molecule has 0 bridgehead atoms. The Morgan fingerprint density at radius 2 is 1.87 bits per heavy atom. The maximum absolute atomic E-state index is 4.85. The standard InChI is InChI=1S/C24H34N6.H2/c1-5-21-23(16-18(2)27-24(21)28(3)4)30-12-8-19(9-13-30)22-7-6-20(17-26-22)29-14-10-25-11-15-29;/h5-7,16-17,19,25H,1,8-15H2,2-4H3;1H. The van der Waals surface area contributed by atoms with Gasteiger partial charge in [0.25, 0.3) is 0 Å². The maximum Gasteiger partial charge on any atom is 0.137 e. The first-order chi connectivity index (χ1) is 14.6. The van der Waals surface area contributed by atoms with E-state index in [1.807, 2.05) is 20.2 Å². The molecule has 0 radical (unpaired) electrons. The summed E-state index contributed by atoms with van der Waals surface area (Å²) in [6.07, 6.45) is 6.25. The van der Waals surface area contributed by atoms with Crippen LogP contribution in [0.5, 0.6) is 0 Å². The number of hydrogen-bond donors (Lipinski definition) is 1. The predicted molar refractivity (Wildman–Crippen MR) is 129 cm³/mol. The van der Waals surface area contributed by atoms with Crippen molar-refractivity contribution in [1.29, 1.82) is 0 Å². The molecule has 2 aliphatic heterocycles. The molecule has 0 amide bonds. The van der Waals surface area contributed by atoms with E-state index in [2.05, 4.69) is 57.9 Å². The zero-order valence-corrected chi connectivity index (χ0v) is 18.6. The van der Waals surface area contributed by atoms with Crippen LogP contribution in [0, 0.1) is 6.92 Å². The third-order valence-corrected chi connectivity index (χ3v) is 6.28. The lowest BCUT2D eigenvalue weighted by Crippen LogP contribution is -2.43.